The molecule has 1 saturated carbocycles. The van der Waals surface area contributed by atoms with Crippen molar-refractivity contribution in [2.45, 2.75) is 38.6 Å². The molecule has 0 spiro atoms. The van der Waals surface area contributed by atoms with Crippen LogP contribution in [0, 0.1) is 12.8 Å². The van der Waals surface area contributed by atoms with Crippen LogP contribution in [0.4, 0.5) is 0 Å². The fourth-order valence-electron chi connectivity index (χ4n) is 4.27. The molecule has 0 unspecified atom stereocenters. The molecule has 3 N–H and O–H groups in total. The molecule has 3 aromatic rings. The second-order valence-corrected chi connectivity index (χ2v) is 8.69. The largest absolute Gasteiger partial charge is 0.497 e. The highest BCUT2D eigenvalue weighted by molar-refractivity contribution is 6.09. The van der Waals surface area contributed by atoms with E-state index in [-0.39, 0.29) is 24.4 Å². The van der Waals surface area contributed by atoms with Crippen LogP contribution in [0.3, 0.4) is 0 Å². The maximum Gasteiger partial charge on any atom is 0.255 e. The lowest BCUT2D eigenvalue weighted by atomic mass is 10.1. The summed E-state index contributed by atoms with van der Waals surface area (Å²) in [4.78, 5) is 25.6. The number of aromatic amines is 1. The van der Waals surface area contributed by atoms with Gasteiger partial charge in [0.15, 0.2) is 0 Å². The Kier molecular flexibility index (Phi) is 7.05. The lowest BCUT2D eigenvalue weighted by Crippen LogP contribution is -2.42. The zero-order chi connectivity index (χ0) is 22.1. The Balaban J connectivity index is 0.00000259. The van der Waals surface area contributed by atoms with E-state index < -0.39 is 0 Å². The summed E-state index contributed by atoms with van der Waals surface area (Å²) in [5.74, 6) is 2.01. The van der Waals surface area contributed by atoms with Gasteiger partial charge in [-0.3, -0.25) is 4.79 Å². The summed E-state index contributed by atoms with van der Waals surface area (Å²) in [6, 6.07) is 5.91. The third-order valence-corrected chi connectivity index (χ3v) is 6.29. The highest BCUT2D eigenvalue weighted by Crippen LogP contribution is 2.38. The van der Waals surface area contributed by atoms with Gasteiger partial charge in [0.2, 0.25) is 0 Å². The molecule has 3 heterocycles. The van der Waals surface area contributed by atoms with E-state index in [1.807, 2.05) is 25.1 Å². The molecule has 2 fully saturated rings. The number of benzene rings is 1. The average molecular weight is 472 g/mol. The van der Waals surface area contributed by atoms with Gasteiger partial charge >= 0.3 is 0 Å². The third-order valence-electron chi connectivity index (χ3n) is 6.29. The number of aryl methyl sites for hydroxylation is 1. The normalized spacial score (nSPS) is 16.3. The lowest BCUT2D eigenvalue weighted by molar-refractivity contribution is 0.0930. The quantitative estimate of drug-likeness (QED) is 0.486. The Bertz CT molecular complexity index is 1140. The van der Waals surface area contributed by atoms with Crippen LogP contribution in [-0.2, 0) is 0 Å². The van der Waals surface area contributed by atoms with E-state index in [1.54, 1.807) is 7.11 Å². The Morgan fingerprint density at radius 2 is 1.97 bits per heavy atom. The molecule has 0 bridgehead atoms. The van der Waals surface area contributed by atoms with Crippen LogP contribution in [0.1, 0.15) is 41.7 Å². The van der Waals surface area contributed by atoms with Gasteiger partial charge in [-0.15, -0.1) is 12.4 Å². The van der Waals surface area contributed by atoms with Gasteiger partial charge in [0.25, 0.3) is 5.91 Å². The van der Waals surface area contributed by atoms with Crippen LogP contribution in [0.15, 0.2) is 24.5 Å². The predicted octanol–water partition coefficient (Wildman–Crippen LogP) is 3.63. The smallest absolute Gasteiger partial charge is 0.255 e. The minimum absolute atomic E-state index is 0. The van der Waals surface area contributed by atoms with E-state index >= 15 is 0 Å². The topological polar surface area (TPSA) is 101 Å². The Hall–Kier alpha value is -2.84. The number of halogens is 1. The second-order valence-electron chi connectivity index (χ2n) is 8.69. The second kappa shape index (κ2) is 9.97. The Morgan fingerprint density at radius 1 is 1.18 bits per heavy atom. The number of ether oxygens (including phenoxy) is 2. The van der Waals surface area contributed by atoms with Crippen molar-refractivity contribution >= 4 is 29.3 Å². The number of rotatable bonds is 7. The van der Waals surface area contributed by atoms with Crippen molar-refractivity contribution in [3.8, 4) is 22.8 Å². The van der Waals surface area contributed by atoms with Crippen LogP contribution in [0.5, 0.6) is 11.5 Å². The van der Waals surface area contributed by atoms with E-state index in [9.17, 15) is 4.79 Å². The number of carbonyl (C=O) groups excluding carboxylic acids is 1. The van der Waals surface area contributed by atoms with Gasteiger partial charge in [-0.25, -0.2) is 9.97 Å². The number of carbonyl (C=O) groups is 1. The van der Waals surface area contributed by atoms with Gasteiger partial charge in [-0.2, -0.15) is 0 Å². The number of H-pyrrole nitrogens is 1. The molecule has 1 saturated heterocycles. The van der Waals surface area contributed by atoms with Crippen molar-refractivity contribution in [1.82, 2.24) is 25.6 Å². The molecule has 2 aromatic heterocycles. The van der Waals surface area contributed by atoms with Crippen molar-refractivity contribution in [2.75, 3.05) is 26.8 Å². The highest BCUT2D eigenvalue weighted by Gasteiger charge is 2.26. The standard InChI is InChI=1S/C24H29N5O3.ClH/c1-14-20(24(30)29-16-7-9-25-10-8-16)22-23(28-14)21(26-13-27-22)18-11-17(31-2)5-6-19(18)32-12-15-3-4-15;/h5-6,11,13,15-16,25,28H,3-4,7-10,12H2,1-2H3,(H,29,30);1H. The number of nitrogens with zero attached hydrogens (tertiary/aromatic N) is 2. The number of hydrogen-bond donors (Lipinski definition) is 3. The predicted molar refractivity (Wildman–Crippen MR) is 129 cm³/mol. The average Bonchev–Trinajstić information content (AvgIpc) is 3.58. The maximum absolute atomic E-state index is 13.2. The van der Waals surface area contributed by atoms with Crippen LogP contribution in [0.2, 0.25) is 0 Å². The molecular formula is C24H30ClN5O3. The molecule has 1 aromatic carbocycles. The minimum Gasteiger partial charge on any atom is -0.497 e. The molecule has 33 heavy (non-hydrogen) atoms. The first kappa shape index (κ1) is 23.3. The molecule has 0 radical (unpaired) electrons. The van der Waals surface area contributed by atoms with Gasteiger partial charge in [-0.05, 0) is 69.8 Å². The molecule has 176 valence electrons. The number of amides is 1. The van der Waals surface area contributed by atoms with Gasteiger partial charge in [0.05, 0.1) is 24.8 Å². The molecular weight excluding hydrogens is 442 g/mol. The monoisotopic (exact) mass is 471 g/mol. The van der Waals surface area contributed by atoms with Gasteiger partial charge in [0, 0.05) is 17.3 Å². The first-order valence-corrected chi connectivity index (χ1v) is 11.3. The number of hydrogen-bond acceptors (Lipinski definition) is 6. The summed E-state index contributed by atoms with van der Waals surface area (Å²) in [5.41, 5.74) is 4.22. The van der Waals surface area contributed by atoms with Crippen molar-refractivity contribution < 1.29 is 14.3 Å². The van der Waals surface area contributed by atoms with Crippen LogP contribution in [-0.4, -0.2) is 53.7 Å². The Labute approximate surface area is 199 Å². The summed E-state index contributed by atoms with van der Waals surface area (Å²) in [6.07, 6.45) is 5.80. The summed E-state index contributed by atoms with van der Waals surface area (Å²) in [7, 11) is 1.64. The number of piperidine rings is 1. The van der Waals surface area contributed by atoms with E-state index in [2.05, 4.69) is 25.6 Å². The molecule has 9 heteroatoms. The first-order chi connectivity index (χ1) is 15.6. The number of methoxy groups -OCH3 is 1. The minimum atomic E-state index is -0.0962. The van der Waals surface area contributed by atoms with Crippen molar-refractivity contribution in [3.05, 3.63) is 35.8 Å². The molecule has 2 aliphatic rings. The Morgan fingerprint density at radius 3 is 2.70 bits per heavy atom. The summed E-state index contributed by atoms with van der Waals surface area (Å²) in [5, 5.41) is 6.50. The molecule has 8 nitrogen and oxygen atoms in total. The summed E-state index contributed by atoms with van der Waals surface area (Å²) < 4.78 is 11.6. The zero-order valence-corrected chi connectivity index (χ0v) is 19.8. The SMILES string of the molecule is COc1ccc(OCC2CC2)c(-c2ncnc3c(C(=O)NC4CCNCC4)c(C)[nH]c23)c1.Cl. The molecule has 1 amide bonds. The van der Waals surface area contributed by atoms with E-state index in [4.69, 9.17) is 9.47 Å². The highest BCUT2D eigenvalue weighted by atomic mass is 35.5. The first-order valence-electron chi connectivity index (χ1n) is 11.3. The van der Waals surface area contributed by atoms with Gasteiger partial charge in [-0.1, -0.05) is 0 Å². The van der Waals surface area contributed by atoms with Crippen molar-refractivity contribution in [2.24, 2.45) is 5.92 Å². The maximum atomic E-state index is 13.2. The molecule has 5 rings (SSSR count). The zero-order valence-electron chi connectivity index (χ0n) is 18.9. The molecule has 0 atom stereocenters. The van der Waals surface area contributed by atoms with Crippen LogP contribution < -0.4 is 20.1 Å². The summed E-state index contributed by atoms with van der Waals surface area (Å²) >= 11 is 0. The summed E-state index contributed by atoms with van der Waals surface area (Å²) in [6.45, 7) is 4.44. The van der Waals surface area contributed by atoms with Crippen LogP contribution in [0.25, 0.3) is 22.3 Å². The number of fused-ring (bicyclic) bond motifs is 1. The van der Waals surface area contributed by atoms with Crippen molar-refractivity contribution in [1.29, 1.82) is 0 Å². The third kappa shape index (κ3) is 4.91. The number of aromatic nitrogens is 3. The fourth-order valence-corrected chi connectivity index (χ4v) is 4.27. The van der Waals surface area contributed by atoms with E-state index in [0.29, 0.717) is 29.3 Å². The number of nitrogens with one attached hydrogen (secondary N) is 3. The molecule has 1 aliphatic carbocycles. The molecule has 1 aliphatic heterocycles. The fraction of sp³-hybridized carbons (Fsp3) is 0.458. The van der Waals surface area contributed by atoms with Gasteiger partial charge < -0.3 is 25.1 Å². The van der Waals surface area contributed by atoms with E-state index in [1.165, 1.54) is 19.2 Å². The lowest BCUT2D eigenvalue weighted by Gasteiger charge is -2.23. The van der Waals surface area contributed by atoms with Crippen LogP contribution >= 0.6 is 12.4 Å². The van der Waals surface area contributed by atoms with E-state index in [0.717, 1.165) is 54.2 Å². The van der Waals surface area contributed by atoms with Crippen molar-refractivity contribution in [3.63, 3.8) is 0 Å². The van der Waals surface area contributed by atoms with Gasteiger partial charge in [0.1, 0.15) is 29.0 Å².